The molecule has 8 heteroatoms. The number of hydrogen-bond donors (Lipinski definition) is 3. The van der Waals surface area contributed by atoms with Crippen molar-refractivity contribution in [2.24, 2.45) is 0 Å². The number of aryl methyl sites for hydroxylation is 2. The van der Waals surface area contributed by atoms with Gasteiger partial charge in [-0.15, -0.1) is 0 Å². The smallest absolute Gasteiger partial charge is 0.425 e. The van der Waals surface area contributed by atoms with E-state index in [1.807, 2.05) is 0 Å². The number of carboxylic acids is 1. The Hall–Kier alpha value is -2.51. The van der Waals surface area contributed by atoms with Crippen LogP contribution in [0.3, 0.4) is 0 Å². The van der Waals surface area contributed by atoms with Crippen molar-refractivity contribution >= 4 is 23.3 Å². The highest BCUT2D eigenvalue weighted by Crippen LogP contribution is 2.42. The summed E-state index contributed by atoms with van der Waals surface area (Å²) in [6.07, 6.45) is -4.37. The molecule has 1 unspecified atom stereocenters. The van der Waals surface area contributed by atoms with Crippen molar-refractivity contribution in [3.8, 4) is 0 Å². The Labute approximate surface area is 165 Å². The quantitative estimate of drug-likeness (QED) is 0.666. The van der Waals surface area contributed by atoms with Gasteiger partial charge in [0.05, 0.1) is 5.56 Å². The van der Waals surface area contributed by atoms with Crippen LogP contribution in [0.2, 0.25) is 5.02 Å². The molecule has 0 radical (unpaired) electrons. The average molecular weight is 414 g/mol. The molecule has 2 aromatic carbocycles. The lowest BCUT2D eigenvalue weighted by Gasteiger charge is -2.29. The lowest BCUT2D eigenvalue weighted by Crippen LogP contribution is -2.41. The van der Waals surface area contributed by atoms with Gasteiger partial charge in [-0.1, -0.05) is 23.7 Å². The van der Waals surface area contributed by atoms with Gasteiger partial charge in [0.15, 0.2) is 0 Å². The van der Waals surface area contributed by atoms with Gasteiger partial charge in [-0.05, 0) is 66.4 Å². The molecule has 1 atom stereocenters. The molecule has 0 spiro atoms. The first kappa shape index (κ1) is 21.8. The highest BCUT2D eigenvalue weighted by Gasteiger charge is 2.54. The highest BCUT2D eigenvalue weighted by atomic mass is 35.5. The topological polar surface area (TPSA) is 69.6 Å². The summed E-state index contributed by atoms with van der Waals surface area (Å²) in [6, 6.07) is 7.87. The fourth-order valence-corrected chi connectivity index (χ4v) is 3.15. The summed E-state index contributed by atoms with van der Waals surface area (Å²) in [5, 5.41) is 22.5. The fourth-order valence-electron chi connectivity index (χ4n) is 2.87. The Morgan fingerprint density at radius 1 is 1.14 bits per heavy atom. The second-order valence-electron chi connectivity index (χ2n) is 6.42. The largest absolute Gasteiger partial charge is 0.478 e. The molecule has 2 aromatic rings. The van der Waals surface area contributed by atoms with E-state index in [2.05, 4.69) is 5.32 Å². The monoisotopic (exact) mass is 413 g/mol. The normalized spacial score (nSPS) is 14.5. The standard InChI is InChI=1S/C20H19ClF3NO3/c1-11-6-14(9-15(21)7-11)19(28,20(22,23)24)10-17(25-3)13-4-5-16(18(26)27)12(2)8-13/h4-10,25,28H,1-3H3,(H,26,27)/b17-10-. The van der Waals surface area contributed by atoms with E-state index >= 15 is 0 Å². The predicted molar refractivity (Wildman–Crippen MR) is 101 cm³/mol. The molecule has 0 saturated heterocycles. The third-order valence-electron chi connectivity index (χ3n) is 4.30. The van der Waals surface area contributed by atoms with Gasteiger partial charge in [0, 0.05) is 17.8 Å². The summed E-state index contributed by atoms with van der Waals surface area (Å²) in [5.41, 5.74) is -2.57. The van der Waals surface area contributed by atoms with Crippen molar-refractivity contribution in [3.63, 3.8) is 0 Å². The molecule has 0 fully saturated rings. The van der Waals surface area contributed by atoms with E-state index < -0.39 is 23.3 Å². The van der Waals surface area contributed by atoms with Crippen molar-refractivity contribution < 1.29 is 28.2 Å². The van der Waals surface area contributed by atoms with Crippen LogP contribution in [0.25, 0.3) is 5.70 Å². The Morgan fingerprint density at radius 2 is 1.79 bits per heavy atom. The van der Waals surface area contributed by atoms with Gasteiger partial charge in [0.25, 0.3) is 0 Å². The number of benzene rings is 2. The van der Waals surface area contributed by atoms with Crippen molar-refractivity contribution in [3.05, 3.63) is 75.3 Å². The summed E-state index contributed by atoms with van der Waals surface area (Å²) < 4.78 is 41.6. The summed E-state index contributed by atoms with van der Waals surface area (Å²) in [7, 11) is 1.41. The highest BCUT2D eigenvalue weighted by molar-refractivity contribution is 6.30. The lowest BCUT2D eigenvalue weighted by molar-refractivity contribution is -0.245. The summed E-state index contributed by atoms with van der Waals surface area (Å²) in [4.78, 5) is 11.2. The van der Waals surface area contributed by atoms with Crippen LogP contribution in [-0.2, 0) is 5.60 Å². The molecule has 2 rings (SSSR count). The molecule has 0 aliphatic rings. The van der Waals surface area contributed by atoms with Crippen molar-refractivity contribution in [1.82, 2.24) is 5.32 Å². The molecule has 0 aliphatic carbocycles. The zero-order valence-electron chi connectivity index (χ0n) is 15.4. The van der Waals surface area contributed by atoms with E-state index in [-0.39, 0.29) is 16.3 Å². The third kappa shape index (κ3) is 4.31. The number of carboxylic acid groups (broad SMARTS) is 1. The molecule has 0 bridgehead atoms. The van der Waals surface area contributed by atoms with Gasteiger partial charge >= 0.3 is 12.1 Å². The molecule has 0 heterocycles. The Balaban J connectivity index is 2.68. The second kappa shape index (κ2) is 7.85. The van der Waals surface area contributed by atoms with Crippen molar-refractivity contribution in [1.29, 1.82) is 0 Å². The molecule has 0 saturated carbocycles. The predicted octanol–water partition coefficient (Wildman–Crippen LogP) is 4.67. The second-order valence-corrected chi connectivity index (χ2v) is 6.86. The average Bonchev–Trinajstić information content (AvgIpc) is 2.57. The molecule has 150 valence electrons. The number of carbonyl (C=O) groups is 1. The SMILES string of the molecule is CN/C(=C\C(O)(c1cc(C)cc(Cl)c1)C(F)(F)F)c1ccc(C(=O)O)c(C)c1. The molecule has 0 amide bonds. The molecular weight excluding hydrogens is 395 g/mol. The first-order valence-corrected chi connectivity index (χ1v) is 8.58. The van der Waals surface area contributed by atoms with Crippen LogP contribution in [0.15, 0.2) is 42.5 Å². The van der Waals surface area contributed by atoms with Crippen LogP contribution >= 0.6 is 11.6 Å². The van der Waals surface area contributed by atoms with E-state index in [1.54, 1.807) is 6.92 Å². The molecule has 28 heavy (non-hydrogen) atoms. The van der Waals surface area contributed by atoms with Gasteiger partial charge in [0.2, 0.25) is 5.60 Å². The maximum Gasteiger partial charge on any atom is 0.425 e. The van der Waals surface area contributed by atoms with Crippen LogP contribution in [-0.4, -0.2) is 29.4 Å². The number of rotatable bonds is 5. The Kier molecular flexibility index (Phi) is 6.11. The summed E-state index contributed by atoms with van der Waals surface area (Å²) in [6.45, 7) is 3.11. The Bertz CT molecular complexity index is 921. The van der Waals surface area contributed by atoms with Gasteiger partial charge < -0.3 is 15.5 Å². The maximum atomic E-state index is 13.9. The van der Waals surface area contributed by atoms with E-state index in [4.69, 9.17) is 16.7 Å². The van der Waals surface area contributed by atoms with Crippen LogP contribution < -0.4 is 5.32 Å². The molecule has 0 aromatic heterocycles. The number of aliphatic hydroxyl groups is 1. The van der Waals surface area contributed by atoms with Crippen LogP contribution in [0.4, 0.5) is 13.2 Å². The van der Waals surface area contributed by atoms with Gasteiger partial charge in [-0.2, -0.15) is 13.2 Å². The van der Waals surface area contributed by atoms with E-state index in [9.17, 15) is 23.1 Å². The summed E-state index contributed by atoms with van der Waals surface area (Å²) in [5.74, 6) is -1.14. The molecule has 4 nitrogen and oxygen atoms in total. The zero-order chi connectivity index (χ0) is 21.3. The van der Waals surface area contributed by atoms with Crippen LogP contribution in [0, 0.1) is 13.8 Å². The number of halogens is 4. The van der Waals surface area contributed by atoms with E-state index in [0.717, 1.165) is 6.07 Å². The van der Waals surface area contributed by atoms with Gasteiger partial charge in [-0.3, -0.25) is 0 Å². The maximum absolute atomic E-state index is 13.9. The number of alkyl halides is 3. The minimum atomic E-state index is -5.03. The van der Waals surface area contributed by atoms with Crippen molar-refractivity contribution in [2.45, 2.75) is 25.6 Å². The minimum absolute atomic E-state index is 0.0162. The van der Waals surface area contributed by atoms with Gasteiger partial charge in [-0.25, -0.2) is 4.79 Å². The lowest BCUT2D eigenvalue weighted by atomic mass is 9.89. The first-order valence-electron chi connectivity index (χ1n) is 8.20. The third-order valence-corrected chi connectivity index (χ3v) is 4.52. The van der Waals surface area contributed by atoms with E-state index in [0.29, 0.717) is 22.8 Å². The van der Waals surface area contributed by atoms with E-state index in [1.165, 1.54) is 44.3 Å². The van der Waals surface area contributed by atoms with Crippen LogP contribution in [0.1, 0.15) is 32.6 Å². The zero-order valence-corrected chi connectivity index (χ0v) is 16.1. The number of nitrogens with one attached hydrogen (secondary N) is 1. The number of hydrogen-bond acceptors (Lipinski definition) is 3. The minimum Gasteiger partial charge on any atom is -0.478 e. The molecule has 3 N–H and O–H groups in total. The Morgan fingerprint density at radius 3 is 2.25 bits per heavy atom. The van der Waals surface area contributed by atoms with Crippen LogP contribution in [0.5, 0.6) is 0 Å². The fraction of sp³-hybridized carbons (Fsp3) is 0.250. The summed E-state index contributed by atoms with van der Waals surface area (Å²) >= 11 is 5.89. The van der Waals surface area contributed by atoms with Gasteiger partial charge in [0.1, 0.15) is 0 Å². The molecule has 0 aliphatic heterocycles. The molecular formula is C20H19ClF3NO3. The number of aromatic carboxylic acids is 1. The first-order chi connectivity index (χ1) is 12.9. The van der Waals surface area contributed by atoms with Crippen molar-refractivity contribution in [2.75, 3.05) is 7.05 Å².